The molecule has 2 amide bonds. The van der Waals surface area contributed by atoms with Crippen molar-refractivity contribution in [3.05, 3.63) is 23.8 Å². The Labute approximate surface area is 211 Å². The predicted octanol–water partition coefficient (Wildman–Crippen LogP) is 2.84. The Morgan fingerprint density at radius 3 is 2.23 bits per heavy atom. The lowest BCUT2D eigenvalue weighted by atomic mass is 9.80. The fourth-order valence-electron chi connectivity index (χ4n) is 4.24. The van der Waals surface area contributed by atoms with Crippen molar-refractivity contribution in [2.75, 3.05) is 20.7 Å². The number of nitrogens with two attached hydrogens (primary N) is 1. The van der Waals surface area contributed by atoms with Gasteiger partial charge in [-0.05, 0) is 68.6 Å². The number of carbonyl (C=O) groups is 2. The molecule has 0 aliphatic heterocycles. The van der Waals surface area contributed by atoms with E-state index in [1.165, 1.54) is 7.11 Å². The molecule has 0 aliphatic rings. The molecule has 1 aromatic carbocycles. The van der Waals surface area contributed by atoms with Gasteiger partial charge in [-0.3, -0.25) is 9.59 Å². The maximum Gasteiger partial charge on any atom is 0.227 e. The van der Waals surface area contributed by atoms with E-state index in [1.807, 2.05) is 19.9 Å². The first-order chi connectivity index (χ1) is 16.2. The minimum atomic E-state index is -0.842. The van der Waals surface area contributed by atoms with E-state index in [-0.39, 0.29) is 42.4 Å². The van der Waals surface area contributed by atoms with Crippen LogP contribution in [0.15, 0.2) is 18.2 Å². The molecule has 0 saturated heterocycles. The Kier molecular flexibility index (Phi) is 12.0. The van der Waals surface area contributed by atoms with Crippen LogP contribution in [0.3, 0.4) is 0 Å². The third kappa shape index (κ3) is 9.33. The topological polar surface area (TPSA) is 134 Å². The SMILES string of the molecule is CNC(=O)C(C)(C)CNC(=O)C(CC(O)C(N)CC(Cc1ccc(OC)c(O)c1)C(C)C)C(C)C. The Bertz CT molecular complexity index is 825. The van der Waals surface area contributed by atoms with E-state index in [0.717, 1.165) is 5.56 Å². The molecule has 0 aliphatic carbocycles. The molecule has 8 heteroatoms. The summed E-state index contributed by atoms with van der Waals surface area (Å²) >= 11 is 0. The van der Waals surface area contributed by atoms with Crippen LogP contribution in [0, 0.1) is 29.1 Å². The number of benzene rings is 1. The normalized spacial score (nSPS) is 15.4. The fraction of sp³-hybridized carbons (Fsp3) is 0.704. The van der Waals surface area contributed by atoms with Gasteiger partial charge in [0.25, 0.3) is 0 Å². The van der Waals surface area contributed by atoms with E-state index < -0.39 is 23.5 Å². The van der Waals surface area contributed by atoms with Gasteiger partial charge in [0.2, 0.25) is 11.8 Å². The number of rotatable bonds is 14. The third-order valence-corrected chi connectivity index (χ3v) is 6.94. The number of amides is 2. The molecule has 0 radical (unpaired) electrons. The summed E-state index contributed by atoms with van der Waals surface area (Å²) < 4.78 is 5.12. The van der Waals surface area contributed by atoms with Crippen LogP contribution in [-0.4, -0.2) is 54.9 Å². The molecule has 4 atom stereocenters. The van der Waals surface area contributed by atoms with Gasteiger partial charge in [0.05, 0.1) is 18.6 Å². The van der Waals surface area contributed by atoms with Gasteiger partial charge in [0.1, 0.15) is 0 Å². The van der Waals surface area contributed by atoms with Crippen molar-refractivity contribution in [2.24, 2.45) is 34.8 Å². The lowest BCUT2D eigenvalue weighted by Gasteiger charge is -2.30. The quantitative estimate of drug-likeness (QED) is 0.271. The van der Waals surface area contributed by atoms with Crippen molar-refractivity contribution in [1.82, 2.24) is 10.6 Å². The fourth-order valence-corrected chi connectivity index (χ4v) is 4.24. The number of aliphatic hydroxyl groups excluding tert-OH is 1. The van der Waals surface area contributed by atoms with Crippen LogP contribution in [-0.2, 0) is 16.0 Å². The van der Waals surface area contributed by atoms with Gasteiger partial charge in [0, 0.05) is 25.6 Å². The summed E-state index contributed by atoms with van der Waals surface area (Å²) in [6.45, 7) is 11.9. The molecule has 0 saturated carbocycles. The van der Waals surface area contributed by atoms with Gasteiger partial charge >= 0.3 is 0 Å². The molecule has 1 aromatic rings. The second-order valence-corrected chi connectivity index (χ2v) is 10.9. The van der Waals surface area contributed by atoms with Crippen LogP contribution < -0.4 is 21.1 Å². The molecule has 4 unspecified atom stereocenters. The molecule has 0 spiro atoms. The molecule has 0 bridgehead atoms. The van der Waals surface area contributed by atoms with E-state index in [4.69, 9.17) is 10.5 Å². The largest absolute Gasteiger partial charge is 0.504 e. The van der Waals surface area contributed by atoms with E-state index in [2.05, 4.69) is 24.5 Å². The number of phenolic OH excluding ortho intramolecular Hbond substituents is 1. The minimum absolute atomic E-state index is 0.00290. The van der Waals surface area contributed by atoms with Crippen molar-refractivity contribution < 1.29 is 24.5 Å². The summed E-state index contributed by atoms with van der Waals surface area (Å²) in [6.07, 6.45) is 0.699. The molecule has 0 fully saturated rings. The predicted molar refractivity (Wildman–Crippen MR) is 139 cm³/mol. The number of aliphatic hydroxyl groups is 1. The van der Waals surface area contributed by atoms with Crippen molar-refractivity contribution in [3.63, 3.8) is 0 Å². The van der Waals surface area contributed by atoms with Gasteiger partial charge in [-0.15, -0.1) is 0 Å². The number of nitrogens with one attached hydrogen (secondary N) is 2. The lowest BCUT2D eigenvalue weighted by Crippen LogP contribution is -2.47. The summed E-state index contributed by atoms with van der Waals surface area (Å²) in [7, 11) is 3.09. The van der Waals surface area contributed by atoms with Gasteiger partial charge in [-0.1, -0.05) is 33.8 Å². The number of carbonyl (C=O) groups excluding carboxylic acids is 2. The monoisotopic (exact) mass is 493 g/mol. The van der Waals surface area contributed by atoms with Gasteiger partial charge in [-0.2, -0.15) is 0 Å². The third-order valence-electron chi connectivity index (χ3n) is 6.94. The maximum atomic E-state index is 12.9. The molecular weight excluding hydrogens is 446 g/mol. The van der Waals surface area contributed by atoms with Crippen LogP contribution in [0.25, 0.3) is 0 Å². The molecule has 6 N–H and O–H groups in total. The standard InChI is InChI=1S/C27H47N3O5/c1-16(2)19(11-18-9-10-24(35-8)23(32)12-18)13-21(28)22(31)14-20(17(3)4)25(33)30-15-27(5,6)26(34)29-7/h9-10,12,16-17,19-22,31-32H,11,13-15,28H2,1-8H3,(H,29,34)(H,30,33). The number of ether oxygens (including phenoxy) is 1. The highest BCUT2D eigenvalue weighted by atomic mass is 16.5. The molecular formula is C27H47N3O5. The Balaban J connectivity index is 2.81. The highest BCUT2D eigenvalue weighted by Gasteiger charge is 2.32. The average molecular weight is 494 g/mol. The average Bonchev–Trinajstić information content (AvgIpc) is 2.79. The zero-order valence-corrected chi connectivity index (χ0v) is 22.7. The van der Waals surface area contributed by atoms with Crippen LogP contribution in [0.4, 0.5) is 0 Å². The summed E-state index contributed by atoms with van der Waals surface area (Å²) in [5, 5.41) is 26.5. The van der Waals surface area contributed by atoms with Gasteiger partial charge in [-0.25, -0.2) is 0 Å². The van der Waals surface area contributed by atoms with E-state index >= 15 is 0 Å². The number of aromatic hydroxyl groups is 1. The summed E-state index contributed by atoms with van der Waals surface area (Å²) in [5.41, 5.74) is 6.67. The molecule has 0 aromatic heterocycles. The van der Waals surface area contributed by atoms with Crippen molar-refractivity contribution >= 4 is 11.8 Å². The van der Waals surface area contributed by atoms with Crippen LogP contribution in [0.5, 0.6) is 11.5 Å². The first kappa shape index (κ1) is 30.7. The van der Waals surface area contributed by atoms with Crippen LogP contribution in [0.1, 0.15) is 59.9 Å². The number of phenols is 1. The van der Waals surface area contributed by atoms with Crippen molar-refractivity contribution in [3.8, 4) is 11.5 Å². The zero-order valence-electron chi connectivity index (χ0n) is 22.7. The first-order valence-electron chi connectivity index (χ1n) is 12.5. The highest BCUT2D eigenvalue weighted by molar-refractivity contribution is 5.83. The Morgan fingerprint density at radius 2 is 1.74 bits per heavy atom. The molecule has 0 heterocycles. The highest BCUT2D eigenvalue weighted by Crippen LogP contribution is 2.30. The second-order valence-electron chi connectivity index (χ2n) is 10.9. The molecule has 200 valence electrons. The smallest absolute Gasteiger partial charge is 0.227 e. The van der Waals surface area contributed by atoms with Crippen LogP contribution in [0.2, 0.25) is 0 Å². The Hall–Kier alpha value is -2.32. The van der Waals surface area contributed by atoms with Crippen LogP contribution >= 0.6 is 0 Å². The first-order valence-corrected chi connectivity index (χ1v) is 12.5. The second kappa shape index (κ2) is 13.7. The zero-order chi connectivity index (χ0) is 26.9. The number of hydrogen-bond acceptors (Lipinski definition) is 6. The van der Waals surface area contributed by atoms with Gasteiger partial charge in [0.15, 0.2) is 11.5 Å². The minimum Gasteiger partial charge on any atom is -0.504 e. The number of hydrogen-bond donors (Lipinski definition) is 5. The Morgan fingerprint density at radius 1 is 1.11 bits per heavy atom. The summed E-state index contributed by atoms with van der Waals surface area (Å²) in [5.74, 6) is 0.278. The van der Waals surface area contributed by atoms with Crippen molar-refractivity contribution in [1.29, 1.82) is 0 Å². The van der Waals surface area contributed by atoms with Gasteiger partial charge < -0.3 is 31.3 Å². The van der Waals surface area contributed by atoms with Crippen molar-refractivity contribution in [2.45, 2.75) is 73.0 Å². The molecule has 35 heavy (non-hydrogen) atoms. The summed E-state index contributed by atoms with van der Waals surface area (Å²) in [6, 6.07) is 4.88. The van der Waals surface area contributed by atoms with E-state index in [9.17, 15) is 19.8 Å². The molecule has 1 rings (SSSR count). The lowest BCUT2D eigenvalue weighted by molar-refractivity contribution is -0.131. The molecule has 8 nitrogen and oxygen atoms in total. The van der Waals surface area contributed by atoms with E-state index in [1.54, 1.807) is 33.0 Å². The maximum absolute atomic E-state index is 12.9. The van der Waals surface area contributed by atoms with E-state index in [0.29, 0.717) is 24.5 Å². The summed E-state index contributed by atoms with van der Waals surface area (Å²) in [4.78, 5) is 24.9. The number of methoxy groups -OCH3 is 1.